The van der Waals surface area contributed by atoms with Crippen LogP contribution in [0.1, 0.15) is 26.3 Å². The molecule has 7 nitrogen and oxygen atoms in total. The second-order valence-electron chi connectivity index (χ2n) is 7.39. The third-order valence-electron chi connectivity index (χ3n) is 3.98. The number of piperazine rings is 1. The van der Waals surface area contributed by atoms with Gasteiger partial charge in [0.15, 0.2) is 5.96 Å². The summed E-state index contributed by atoms with van der Waals surface area (Å²) in [6.07, 6.45) is 0. The Kier molecular flexibility index (Phi) is 8.31. The molecular weight excluding hydrogens is 465 g/mol. The third kappa shape index (κ3) is 6.36. The molecule has 0 radical (unpaired) electrons. The number of hydrogen-bond acceptors (Lipinski definition) is 4. The Labute approximate surface area is 174 Å². The topological polar surface area (TPSA) is 91.0 Å². The van der Waals surface area contributed by atoms with E-state index in [-0.39, 0.29) is 36.1 Å². The number of aliphatic imine (C=N–C) groups is 1. The number of benzene rings is 1. The van der Waals surface area contributed by atoms with Crippen molar-refractivity contribution < 1.29 is 8.42 Å². The number of guanidine groups is 1. The number of nitrogens with zero attached hydrogens (tertiary/aromatic N) is 3. The van der Waals surface area contributed by atoms with E-state index in [1.807, 2.05) is 33.9 Å². The highest BCUT2D eigenvalue weighted by atomic mass is 127. The maximum atomic E-state index is 13.0. The minimum atomic E-state index is -3.52. The van der Waals surface area contributed by atoms with E-state index in [1.165, 1.54) is 0 Å². The van der Waals surface area contributed by atoms with Gasteiger partial charge in [0.05, 0.1) is 11.4 Å². The van der Waals surface area contributed by atoms with Gasteiger partial charge in [-0.1, -0.05) is 18.2 Å². The molecule has 0 unspecified atom stereocenters. The molecule has 1 aromatic carbocycles. The molecule has 0 spiro atoms. The highest BCUT2D eigenvalue weighted by molar-refractivity contribution is 14.0. The number of halogens is 1. The van der Waals surface area contributed by atoms with Crippen LogP contribution in [0, 0.1) is 0 Å². The normalized spacial score (nSPS) is 17.6. The Morgan fingerprint density at radius 2 is 1.77 bits per heavy atom. The first-order valence-electron chi connectivity index (χ1n) is 8.44. The Morgan fingerprint density at radius 1 is 1.19 bits per heavy atom. The summed E-state index contributed by atoms with van der Waals surface area (Å²) < 4.78 is 27.5. The molecule has 1 aliphatic heterocycles. The smallest absolute Gasteiger partial charge is 0.243 e. The molecule has 0 aliphatic carbocycles. The summed E-state index contributed by atoms with van der Waals surface area (Å²) in [4.78, 5) is 6.74. The van der Waals surface area contributed by atoms with E-state index in [9.17, 15) is 8.42 Å². The highest BCUT2D eigenvalue weighted by Crippen LogP contribution is 2.22. The maximum absolute atomic E-state index is 13.0. The molecule has 0 atom stereocenters. The number of rotatable bonds is 4. The van der Waals surface area contributed by atoms with Crippen molar-refractivity contribution in [2.45, 2.75) is 37.8 Å². The van der Waals surface area contributed by atoms with Crippen LogP contribution in [0.25, 0.3) is 0 Å². The van der Waals surface area contributed by atoms with Crippen molar-refractivity contribution in [3.8, 4) is 0 Å². The Balaban J connectivity index is 0.00000338. The SMILES string of the molecule is CN1CCN(S(=O)(=O)c2ccccc2CN=C(N)NC(C)(C)C)CC1.I. The number of nitrogens with two attached hydrogens (primary N) is 1. The fraction of sp³-hybridized carbons (Fsp3) is 0.588. The van der Waals surface area contributed by atoms with Crippen LogP contribution < -0.4 is 11.1 Å². The van der Waals surface area contributed by atoms with Crippen LogP contribution in [0.5, 0.6) is 0 Å². The van der Waals surface area contributed by atoms with Crippen LogP contribution in [0.4, 0.5) is 0 Å². The zero-order chi connectivity index (χ0) is 18.7. The summed E-state index contributed by atoms with van der Waals surface area (Å²) in [5.41, 5.74) is 6.36. The first kappa shape index (κ1) is 23.1. The molecule has 1 heterocycles. The zero-order valence-electron chi connectivity index (χ0n) is 15.9. The van der Waals surface area contributed by atoms with Crippen molar-refractivity contribution in [3.05, 3.63) is 29.8 Å². The fourth-order valence-electron chi connectivity index (χ4n) is 2.65. The van der Waals surface area contributed by atoms with Gasteiger partial charge in [-0.25, -0.2) is 13.4 Å². The molecule has 9 heteroatoms. The number of hydrogen-bond donors (Lipinski definition) is 2. The van der Waals surface area contributed by atoms with Gasteiger partial charge < -0.3 is 16.0 Å². The lowest BCUT2D eigenvalue weighted by Gasteiger charge is -2.32. The maximum Gasteiger partial charge on any atom is 0.243 e. The van der Waals surface area contributed by atoms with Crippen molar-refractivity contribution in [1.82, 2.24) is 14.5 Å². The van der Waals surface area contributed by atoms with E-state index in [1.54, 1.807) is 22.5 Å². The molecule has 0 aromatic heterocycles. The average Bonchev–Trinajstić information content (AvgIpc) is 2.52. The second kappa shape index (κ2) is 9.34. The van der Waals surface area contributed by atoms with Crippen LogP contribution >= 0.6 is 24.0 Å². The quantitative estimate of drug-likeness (QED) is 0.375. The van der Waals surface area contributed by atoms with E-state index >= 15 is 0 Å². The molecule has 1 aliphatic rings. The van der Waals surface area contributed by atoms with Gasteiger partial charge in [-0.3, -0.25) is 0 Å². The number of nitrogens with one attached hydrogen (secondary N) is 1. The van der Waals surface area contributed by atoms with Gasteiger partial charge in [0, 0.05) is 31.7 Å². The molecule has 0 saturated carbocycles. The lowest BCUT2D eigenvalue weighted by atomic mass is 10.1. The molecule has 1 aromatic rings. The first-order chi connectivity index (χ1) is 11.6. The summed E-state index contributed by atoms with van der Waals surface area (Å²) in [5, 5.41) is 3.08. The average molecular weight is 495 g/mol. The zero-order valence-corrected chi connectivity index (χ0v) is 19.0. The van der Waals surface area contributed by atoms with Crippen LogP contribution in [-0.4, -0.2) is 62.3 Å². The van der Waals surface area contributed by atoms with Gasteiger partial charge in [-0.15, -0.1) is 24.0 Å². The summed E-state index contributed by atoms with van der Waals surface area (Å²) >= 11 is 0. The Morgan fingerprint density at radius 3 is 2.35 bits per heavy atom. The highest BCUT2D eigenvalue weighted by Gasteiger charge is 2.29. The molecule has 26 heavy (non-hydrogen) atoms. The second-order valence-corrected chi connectivity index (χ2v) is 9.30. The predicted octanol–water partition coefficient (Wildman–Crippen LogP) is 1.44. The van der Waals surface area contributed by atoms with Gasteiger partial charge in [-0.2, -0.15) is 4.31 Å². The van der Waals surface area contributed by atoms with Gasteiger partial charge >= 0.3 is 0 Å². The minimum Gasteiger partial charge on any atom is -0.370 e. The van der Waals surface area contributed by atoms with Gasteiger partial charge in [0.1, 0.15) is 0 Å². The molecule has 0 bridgehead atoms. The fourth-order valence-corrected chi connectivity index (χ4v) is 4.28. The lowest BCUT2D eigenvalue weighted by molar-refractivity contribution is 0.222. The summed E-state index contributed by atoms with van der Waals surface area (Å²) in [7, 11) is -1.53. The van der Waals surface area contributed by atoms with E-state index < -0.39 is 10.0 Å². The predicted molar refractivity (Wildman–Crippen MR) is 116 cm³/mol. The van der Waals surface area contributed by atoms with Crippen molar-refractivity contribution in [3.63, 3.8) is 0 Å². The Bertz CT molecular complexity index is 723. The molecule has 148 valence electrons. The molecular formula is C17H30IN5O2S. The van der Waals surface area contributed by atoms with Crippen LogP contribution in [0.15, 0.2) is 34.2 Å². The van der Waals surface area contributed by atoms with E-state index in [0.29, 0.717) is 29.5 Å². The van der Waals surface area contributed by atoms with Crippen LogP contribution in [-0.2, 0) is 16.6 Å². The van der Waals surface area contributed by atoms with Crippen molar-refractivity contribution in [1.29, 1.82) is 0 Å². The van der Waals surface area contributed by atoms with Crippen molar-refractivity contribution in [2.24, 2.45) is 10.7 Å². The summed E-state index contributed by atoms with van der Waals surface area (Å²) in [6.45, 7) is 8.67. The molecule has 3 N–H and O–H groups in total. The van der Waals surface area contributed by atoms with E-state index in [0.717, 1.165) is 13.1 Å². The molecule has 1 fully saturated rings. The third-order valence-corrected chi connectivity index (χ3v) is 5.97. The number of sulfonamides is 1. The largest absolute Gasteiger partial charge is 0.370 e. The van der Waals surface area contributed by atoms with E-state index in [2.05, 4.69) is 15.2 Å². The first-order valence-corrected chi connectivity index (χ1v) is 9.88. The van der Waals surface area contributed by atoms with Crippen molar-refractivity contribution >= 4 is 40.0 Å². The van der Waals surface area contributed by atoms with Crippen LogP contribution in [0.3, 0.4) is 0 Å². The molecule has 1 saturated heterocycles. The Hall–Kier alpha value is -0.910. The monoisotopic (exact) mass is 495 g/mol. The van der Waals surface area contributed by atoms with Crippen LogP contribution in [0.2, 0.25) is 0 Å². The van der Waals surface area contributed by atoms with Crippen molar-refractivity contribution in [2.75, 3.05) is 33.2 Å². The van der Waals surface area contributed by atoms with Gasteiger partial charge in [0.25, 0.3) is 0 Å². The lowest BCUT2D eigenvalue weighted by Crippen LogP contribution is -2.47. The standard InChI is InChI=1S/C17H29N5O2S.HI/c1-17(2,3)20-16(18)19-13-14-7-5-6-8-15(14)25(23,24)22-11-9-21(4)10-12-22;/h5-8H,9-13H2,1-4H3,(H3,18,19,20);1H. The summed E-state index contributed by atoms with van der Waals surface area (Å²) in [5.74, 6) is 0.305. The number of likely N-dealkylation sites (N-methyl/N-ethyl adjacent to an activating group) is 1. The van der Waals surface area contributed by atoms with E-state index in [4.69, 9.17) is 5.73 Å². The minimum absolute atomic E-state index is 0. The molecule has 2 rings (SSSR count). The summed E-state index contributed by atoms with van der Waals surface area (Å²) in [6, 6.07) is 7.00. The van der Waals surface area contributed by atoms with Gasteiger partial charge in [0.2, 0.25) is 10.0 Å². The van der Waals surface area contributed by atoms with Gasteiger partial charge in [-0.05, 0) is 39.4 Å². The molecule has 0 amide bonds.